The molecule has 1 aromatic carbocycles. The maximum atomic E-state index is 12.3. The van der Waals surface area contributed by atoms with Gasteiger partial charge in [-0.3, -0.25) is 24.6 Å². The third-order valence-electron chi connectivity index (χ3n) is 3.56. The van der Waals surface area contributed by atoms with Gasteiger partial charge in [0, 0.05) is 16.1 Å². The summed E-state index contributed by atoms with van der Waals surface area (Å²) in [5, 5.41) is 18.4. The molecule has 2 heterocycles. The summed E-state index contributed by atoms with van der Waals surface area (Å²) in [5.74, 6) is -0.342. The van der Waals surface area contributed by atoms with Gasteiger partial charge < -0.3 is 5.32 Å². The lowest BCUT2D eigenvalue weighted by atomic mass is 10.2. The number of amides is 1. The summed E-state index contributed by atoms with van der Waals surface area (Å²) in [7, 11) is 0. The van der Waals surface area contributed by atoms with E-state index in [-0.39, 0.29) is 18.1 Å². The predicted molar refractivity (Wildman–Crippen MR) is 91.7 cm³/mol. The van der Waals surface area contributed by atoms with Crippen LogP contribution in [0.15, 0.2) is 41.1 Å². The van der Waals surface area contributed by atoms with Crippen LogP contribution in [0, 0.1) is 17.0 Å². The fraction of sp³-hybridized carbons (Fsp3) is 0.133. The smallest absolute Gasteiger partial charge is 0.309 e. The van der Waals surface area contributed by atoms with E-state index in [9.17, 15) is 14.9 Å². The number of aromatic nitrogens is 3. The van der Waals surface area contributed by atoms with E-state index in [0.29, 0.717) is 16.9 Å². The van der Waals surface area contributed by atoms with Gasteiger partial charge in [0.05, 0.1) is 16.1 Å². The van der Waals surface area contributed by atoms with Crippen LogP contribution in [0.3, 0.4) is 0 Å². The van der Waals surface area contributed by atoms with Crippen LogP contribution in [0.1, 0.15) is 5.69 Å². The van der Waals surface area contributed by atoms with E-state index in [4.69, 9.17) is 0 Å². The Bertz CT molecular complexity index is 953. The molecule has 0 unspecified atom stereocenters. The van der Waals surface area contributed by atoms with E-state index in [2.05, 4.69) is 31.3 Å². The number of carbonyl (C=O) groups excluding carboxylic acids is 1. The van der Waals surface area contributed by atoms with Gasteiger partial charge in [-0.25, -0.2) is 0 Å². The van der Waals surface area contributed by atoms with Crippen molar-refractivity contribution in [3.8, 4) is 0 Å². The molecule has 3 rings (SSSR count). The first kappa shape index (κ1) is 16.1. The summed E-state index contributed by atoms with van der Waals surface area (Å²) in [6.45, 7) is 1.43. The molecule has 0 saturated heterocycles. The number of pyridine rings is 1. The summed E-state index contributed by atoms with van der Waals surface area (Å²) in [6.07, 6.45) is 2.78. The van der Waals surface area contributed by atoms with E-state index < -0.39 is 4.92 Å². The standard InChI is InChI=1S/C15H12BrN5O3/c1-9-13(21(23)24)7-18-20(9)8-14(22)19-12-5-4-11(16)10-3-2-6-17-15(10)12/h2-7H,8H2,1H3,(H,19,22). The molecule has 0 spiro atoms. The molecule has 24 heavy (non-hydrogen) atoms. The van der Waals surface area contributed by atoms with Crippen LogP contribution in [0.25, 0.3) is 10.9 Å². The molecule has 2 aromatic heterocycles. The second-order valence-corrected chi connectivity index (χ2v) is 5.93. The van der Waals surface area contributed by atoms with E-state index in [1.165, 1.54) is 4.68 Å². The number of benzene rings is 1. The average Bonchev–Trinajstić information content (AvgIpc) is 2.91. The Labute approximate surface area is 144 Å². The van der Waals surface area contributed by atoms with Crippen molar-refractivity contribution >= 4 is 44.1 Å². The van der Waals surface area contributed by atoms with Crippen LogP contribution in [-0.2, 0) is 11.3 Å². The zero-order chi connectivity index (χ0) is 17.3. The third-order valence-corrected chi connectivity index (χ3v) is 4.25. The highest BCUT2D eigenvalue weighted by Crippen LogP contribution is 2.28. The molecule has 9 heteroatoms. The third kappa shape index (κ3) is 2.98. The molecule has 3 aromatic rings. The summed E-state index contributed by atoms with van der Waals surface area (Å²) in [4.78, 5) is 26.9. The number of carbonyl (C=O) groups is 1. The normalized spacial score (nSPS) is 10.8. The Hall–Kier alpha value is -2.81. The number of fused-ring (bicyclic) bond motifs is 1. The Morgan fingerprint density at radius 3 is 2.92 bits per heavy atom. The molecule has 8 nitrogen and oxygen atoms in total. The molecule has 0 saturated carbocycles. The van der Waals surface area contributed by atoms with Crippen LogP contribution in [0.4, 0.5) is 11.4 Å². The van der Waals surface area contributed by atoms with Gasteiger partial charge in [0.15, 0.2) is 0 Å². The van der Waals surface area contributed by atoms with Crippen molar-refractivity contribution in [2.75, 3.05) is 5.32 Å². The molecule has 0 bridgehead atoms. The maximum absolute atomic E-state index is 12.3. The Morgan fingerprint density at radius 2 is 2.21 bits per heavy atom. The molecule has 0 aliphatic carbocycles. The number of hydrogen-bond acceptors (Lipinski definition) is 5. The molecule has 0 aliphatic rings. The van der Waals surface area contributed by atoms with E-state index in [1.54, 1.807) is 19.2 Å². The Morgan fingerprint density at radius 1 is 1.42 bits per heavy atom. The van der Waals surface area contributed by atoms with Crippen molar-refractivity contribution in [3.05, 3.63) is 56.9 Å². The summed E-state index contributed by atoms with van der Waals surface area (Å²) < 4.78 is 2.17. The first-order valence-electron chi connectivity index (χ1n) is 6.97. The fourth-order valence-electron chi connectivity index (χ4n) is 2.34. The minimum absolute atomic E-state index is 0.112. The van der Waals surface area contributed by atoms with Crippen LogP contribution < -0.4 is 5.32 Å². The van der Waals surface area contributed by atoms with Crippen LogP contribution >= 0.6 is 15.9 Å². The lowest BCUT2D eigenvalue weighted by molar-refractivity contribution is -0.385. The molecule has 0 atom stereocenters. The highest BCUT2D eigenvalue weighted by atomic mass is 79.9. The number of hydrogen-bond donors (Lipinski definition) is 1. The minimum atomic E-state index is -0.525. The van der Waals surface area contributed by atoms with Crippen molar-refractivity contribution in [1.29, 1.82) is 0 Å². The zero-order valence-electron chi connectivity index (χ0n) is 12.6. The molecule has 0 aliphatic heterocycles. The largest absolute Gasteiger partial charge is 0.323 e. The quantitative estimate of drug-likeness (QED) is 0.545. The number of nitrogens with zero attached hydrogens (tertiary/aromatic N) is 4. The van der Waals surface area contributed by atoms with Gasteiger partial charge in [-0.05, 0) is 25.1 Å². The zero-order valence-corrected chi connectivity index (χ0v) is 14.1. The number of rotatable bonds is 4. The summed E-state index contributed by atoms with van der Waals surface area (Å²) in [6, 6.07) is 7.27. The average molecular weight is 390 g/mol. The van der Waals surface area contributed by atoms with E-state index in [0.717, 1.165) is 16.1 Å². The van der Waals surface area contributed by atoms with Crippen molar-refractivity contribution in [1.82, 2.24) is 14.8 Å². The number of nitro groups is 1. The van der Waals surface area contributed by atoms with Gasteiger partial charge in [0.2, 0.25) is 5.91 Å². The summed E-state index contributed by atoms with van der Waals surface area (Å²) >= 11 is 3.45. The lowest BCUT2D eigenvalue weighted by Gasteiger charge is -2.09. The highest BCUT2D eigenvalue weighted by Gasteiger charge is 2.18. The number of anilines is 1. The van der Waals surface area contributed by atoms with Gasteiger partial charge in [0.1, 0.15) is 18.4 Å². The van der Waals surface area contributed by atoms with Gasteiger partial charge in [-0.1, -0.05) is 22.0 Å². The molecule has 0 radical (unpaired) electrons. The number of halogens is 1. The second kappa shape index (κ2) is 6.36. The molecular weight excluding hydrogens is 378 g/mol. The lowest BCUT2D eigenvalue weighted by Crippen LogP contribution is -2.20. The van der Waals surface area contributed by atoms with E-state index in [1.807, 2.05) is 18.2 Å². The van der Waals surface area contributed by atoms with Gasteiger partial charge in [-0.2, -0.15) is 5.10 Å². The monoisotopic (exact) mass is 389 g/mol. The molecular formula is C15H12BrN5O3. The molecule has 0 fully saturated rings. The van der Waals surface area contributed by atoms with Crippen LogP contribution in [0.2, 0.25) is 0 Å². The fourth-order valence-corrected chi connectivity index (χ4v) is 2.79. The second-order valence-electron chi connectivity index (χ2n) is 5.07. The SMILES string of the molecule is Cc1c([N+](=O)[O-])cnn1CC(=O)Nc1ccc(Br)c2cccnc12. The van der Waals surface area contributed by atoms with Crippen molar-refractivity contribution < 1.29 is 9.72 Å². The maximum Gasteiger partial charge on any atom is 0.309 e. The highest BCUT2D eigenvalue weighted by molar-refractivity contribution is 9.10. The number of nitrogens with one attached hydrogen (secondary N) is 1. The predicted octanol–water partition coefficient (Wildman–Crippen LogP) is 3.05. The summed E-state index contributed by atoms with van der Waals surface area (Å²) in [5.41, 5.74) is 1.44. The van der Waals surface area contributed by atoms with Crippen molar-refractivity contribution in [3.63, 3.8) is 0 Å². The Balaban J connectivity index is 1.84. The molecule has 122 valence electrons. The minimum Gasteiger partial charge on any atom is -0.323 e. The van der Waals surface area contributed by atoms with Crippen LogP contribution in [-0.4, -0.2) is 25.6 Å². The van der Waals surface area contributed by atoms with Crippen molar-refractivity contribution in [2.24, 2.45) is 0 Å². The first-order valence-corrected chi connectivity index (χ1v) is 7.76. The van der Waals surface area contributed by atoms with E-state index >= 15 is 0 Å². The van der Waals surface area contributed by atoms with Crippen molar-refractivity contribution in [2.45, 2.75) is 13.5 Å². The van der Waals surface area contributed by atoms with Gasteiger partial charge in [0.25, 0.3) is 0 Å². The van der Waals surface area contributed by atoms with Crippen LogP contribution in [0.5, 0.6) is 0 Å². The van der Waals surface area contributed by atoms with Gasteiger partial charge >= 0.3 is 5.69 Å². The van der Waals surface area contributed by atoms with Gasteiger partial charge in [-0.15, -0.1) is 0 Å². The molecule has 1 amide bonds. The molecule has 1 N–H and O–H groups in total. The first-order chi connectivity index (χ1) is 11.5. The Kier molecular flexibility index (Phi) is 4.26. The topological polar surface area (TPSA) is 103 Å².